The van der Waals surface area contributed by atoms with Gasteiger partial charge >= 0.3 is 0 Å². The Balaban J connectivity index is 1.47. The van der Waals surface area contributed by atoms with Crippen LogP contribution in [0.25, 0.3) is 10.3 Å². The largest absolute Gasteiger partial charge is 0.347 e. The molecule has 1 aromatic carbocycles. The third-order valence-corrected chi connectivity index (χ3v) is 6.10. The van der Waals surface area contributed by atoms with Crippen molar-refractivity contribution in [1.29, 1.82) is 0 Å². The van der Waals surface area contributed by atoms with Gasteiger partial charge in [0.05, 0.1) is 5.92 Å². The minimum Gasteiger partial charge on any atom is -0.347 e. The zero-order valence-electron chi connectivity index (χ0n) is 14.4. The van der Waals surface area contributed by atoms with E-state index in [9.17, 15) is 4.79 Å². The summed E-state index contributed by atoms with van der Waals surface area (Å²) in [6.45, 7) is 3.53. The lowest BCUT2D eigenvalue weighted by atomic mass is 9.97. The number of aryl methyl sites for hydroxylation is 1. The summed E-state index contributed by atoms with van der Waals surface area (Å²) in [5.74, 6) is -0.0299. The molecule has 3 aromatic rings. The first kappa shape index (κ1) is 17.2. The van der Waals surface area contributed by atoms with Crippen molar-refractivity contribution < 1.29 is 4.79 Å². The average Bonchev–Trinajstić information content (AvgIpc) is 3.09. The number of thiazole rings is 1. The summed E-state index contributed by atoms with van der Waals surface area (Å²) >= 11 is 7.73. The Morgan fingerprint density at radius 2 is 2.27 bits per heavy atom. The Labute approximate surface area is 161 Å². The molecular weight excluding hydrogens is 368 g/mol. The van der Waals surface area contributed by atoms with E-state index < -0.39 is 0 Å². The van der Waals surface area contributed by atoms with Crippen molar-refractivity contribution in [2.45, 2.75) is 19.8 Å². The molecule has 2 aromatic heterocycles. The van der Waals surface area contributed by atoms with E-state index in [-0.39, 0.29) is 11.8 Å². The molecule has 3 heterocycles. The Hall–Kier alpha value is -2.18. The number of pyridine rings is 1. The summed E-state index contributed by atoms with van der Waals surface area (Å²) < 4.78 is 0. The monoisotopic (exact) mass is 386 g/mol. The molecule has 0 aliphatic carbocycles. The van der Waals surface area contributed by atoms with Gasteiger partial charge in [-0.2, -0.15) is 0 Å². The van der Waals surface area contributed by atoms with E-state index in [2.05, 4.69) is 20.2 Å². The predicted octanol–water partition coefficient (Wildman–Crippen LogP) is 4.51. The highest BCUT2D eigenvalue weighted by atomic mass is 35.5. The fraction of sp³-hybridized carbons (Fsp3) is 0.316. The Bertz CT molecular complexity index is 925. The first-order valence-corrected chi connectivity index (χ1v) is 9.83. The van der Waals surface area contributed by atoms with Gasteiger partial charge in [0.1, 0.15) is 10.3 Å². The molecule has 4 rings (SSSR count). The predicted molar refractivity (Wildman–Crippen MR) is 107 cm³/mol. The maximum atomic E-state index is 12.7. The number of benzene rings is 1. The van der Waals surface area contributed by atoms with Crippen LogP contribution >= 0.6 is 22.9 Å². The number of anilines is 2. The van der Waals surface area contributed by atoms with E-state index in [0.717, 1.165) is 46.1 Å². The van der Waals surface area contributed by atoms with Crippen LogP contribution in [0, 0.1) is 12.8 Å². The minimum absolute atomic E-state index is 0.0360. The molecule has 1 saturated heterocycles. The molecule has 7 heteroatoms. The topological polar surface area (TPSA) is 58.1 Å². The van der Waals surface area contributed by atoms with E-state index in [0.29, 0.717) is 11.6 Å². The number of nitrogens with zero attached hydrogens (tertiary/aromatic N) is 3. The molecular formula is C19H19ClN4OS. The summed E-state index contributed by atoms with van der Waals surface area (Å²) in [7, 11) is 0. The number of aromatic nitrogens is 2. The highest BCUT2D eigenvalue weighted by Crippen LogP contribution is 2.31. The van der Waals surface area contributed by atoms with Gasteiger partial charge in [-0.1, -0.05) is 29.0 Å². The van der Waals surface area contributed by atoms with E-state index in [4.69, 9.17) is 11.6 Å². The maximum Gasteiger partial charge on any atom is 0.229 e. The lowest BCUT2D eigenvalue weighted by Gasteiger charge is -2.31. The van der Waals surface area contributed by atoms with Gasteiger partial charge in [0, 0.05) is 30.0 Å². The summed E-state index contributed by atoms with van der Waals surface area (Å²) in [6, 6.07) is 9.47. The summed E-state index contributed by atoms with van der Waals surface area (Å²) in [5, 5.41) is 4.60. The summed E-state index contributed by atoms with van der Waals surface area (Å²) in [6.07, 6.45) is 3.63. The van der Waals surface area contributed by atoms with Gasteiger partial charge in [-0.05, 0) is 49.6 Å². The van der Waals surface area contributed by atoms with E-state index >= 15 is 0 Å². The van der Waals surface area contributed by atoms with Crippen molar-refractivity contribution in [1.82, 2.24) is 9.97 Å². The van der Waals surface area contributed by atoms with Gasteiger partial charge in [0.15, 0.2) is 5.13 Å². The van der Waals surface area contributed by atoms with Crippen molar-refractivity contribution in [2.75, 3.05) is 23.3 Å². The van der Waals surface area contributed by atoms with Crippen molar-refractivity contribution in [3.63, 3.8) is 0 Å². The number of piperidine rings is 1. The quantitative estimate of drug-likeness (QED) is 0.719. The first-order valence-electron chi connectivity index (χ1n) is 8.63. The number of amides is 1. The Morgan fingerprint density at radius 3 is 3.08 bits per heavy atom. The third kappa shape index (κ3) is 3.52. The van der Waals surface area contributed by atoms with Crippen LogP contribution in [0.1, 0.15) is 18.4 Å². The van der Waals surface area contributed by atoms with E-state index in [1.54, 1.807) is 23.6 Å². The standard InChI is InChI=1S/C19H19ClN4OS/c1-12-6-7-14(10-15(12)20)22-17(25)13-4-3-9-24(11-13)19-23-16-5-2-8-21-18(16)26-19/h2,5-8,10,13H,3-4,9,11H2,1H3,(H,22,25)/t13-/m0/s1. The molecule has 134 valence electrons. The van der Waals surface area contributed by atoms with E-state index in [1.165, 1.54) is 0 Å². The van der Waals surface area contributed by atoms with Crippen molar-refractivity contribution >= 4 is 50.0 Å². The molecule has 1 N–H and O–H groups in total. The maximum absolute atomic E-state index is 12.7. The minimum atomic E-state index is -0.0659. The number of fused-ring (bicyclic) bond motifs is 1. The number of hydrogen-bond acceptors (Lipinski definition) is 5. The lowest BCUT2D eigenvalue weighted by molar-refractivity contribution is -0.120. The number of hydrogen-bond donors (Lipinski definition) is 1. The normalized spacial score (nSPS) is 17.5. The van der Waals surface area contributed by atoms with Crippen LogP contribution in [0.4, 0.5) is 10.8 Å². The van der Waals surface area contributed by atoms with Gasteiger partial charge in [-0.25, -0.2) is 9.97 Å². The molecule has 1 amide bonds. The fourth-order valence-electron chi connectivity index (χ4n) is 3.17. The molecule has 5 nitrogen and oxygen atoms in total. The Kier molecular flexibility index (Phi) is 4.78. The zero-order chi connectivity index (χ0) is 18.1. The zero-order valence-corrected chi connectivity index (χ0v) is 16.0. The third-order valence-electron chi connectivity index (χ3n) is 4.66. The SMILES string of the molecule is Cc1ccc(NC(=O)[C@H]2CCCN(c3nc4cccnc4s3)C2)cc1Cl. The van der Waals surface area contributed by atoms with Crippen LogP contribution in [-0.4, -0.2) is 29.0 Å². The number of nitrogens with one attached hydrogen (secondary N) is 1. The van der Waals surface area contributed by atoms with Gasteiger partial charge in [0.25, 0.3) is 0 Å². The van der Waals surface area contributed by atoms with Crippen molar-refractivity contribution in [3.8, 4) is 0 Å². The lowest BCUT2D eigenvalue weighted by Crippen LogP contribution is -2.40. The van der Waals surface area contributed by atoms with Crippen LogP contribution in [0.5, 0.6) is 0 Å². The smallest absolute Gasteiger partial charge is 0.229 e. The van der Waals surface area contributed by atoms with Crippen LogP contribution in [-0.2, 0) is 4.79 Å². The highest BCUT2D eigenvalue weighted by molar-refractivity contribution is 7.21. The van der Waals surface area contributed by atoms with Crippen molar-refractivity contribution in [2.24, 2.45) is 5.92 Å². The van der Waals surface area contributed by atoms with Crippen LogP contribution < -0.4 is 10.2 Å². The molecule has 26 heavy (non-hydrogen) atoms. The molecule has 1 atom stereocenters. The molecule has 1 aliphatic heterocycles. The van der Waals surface area contributed by atoms with Gasteiger partial charge in [-0.3, -0.25) is 4.79 Å². The van der Waals surface area contributed by atoms with Gasteiger partial charge < -0.3 is 10.2 Å². The van der Waals surface area contributed by atoms with Crippen LogP contribution in [0.15, 0.2) is 36.5 Å². The van der Waals surface area contributed by atoms with Crippen LogP contribution in [0.2, 0.25) is 5.02 Å². The molecule has 1 fully saturated rings. The summed E-state index contributed by atoms with van der Waals surface area (Å²) in [5.41, 5.74) is 2.65. The van der Waals surface area contributed by atoms with Crippen LogP contribution in [0.3, 0.4) is 0 Å². The first-order chi connectivity index (χ1) is 12.6. The molecule has 1 aliphatic rings. The number of carbonyl (C=O) groups is 1. The average molecular weight is 387 g/mol. The molecule has 0 spiro atoms. The highest BCUT2D eigenvalue weighted by Gasteiger charge is 2.27. The molecule has 0 radical (unpaired) electrons. The molecule has 0 bridgehead atoms. The summed E-state index contributed by atoms with van der Waals surface area (Å²) in [4.78, 5) is 24.9. The number of halogens is 1. The Morgan fingerprint density at radius 1 is 1.38 bits per heavy atom. The molecule has 0 unspecified atom stereocenters. The number of carbonyl (C=O) groups excluding carboxylic acids is 1. The fourth-order valence-corrected chi connectivity index (χ4v) is 4.30. The second kappa shape index (κ2) is 7.21. The second-order valence-electron chi connectivity index (χ2n) is 6.56. The second-order valence-corrected chi connectivity index (χ2v) is 7.93. The molecule has 0 saturated carbocycles. The van der Waals surface area contributed by atoms with Crippen molar-refractivity contribution in [3.05, 3.63) is 47.1 Å². The van der Waals surface area contributed by atoms with Gasteiger partial charge in [-0.15, -0.1) is 0 Å². The van der Waals surface area contributed by atoms with Gasteiger partial charge in [0.2, 0.25) is 5.91 Å². The number of rotatable bonds is 3. The van der Waals surface area contributed by atoms with E-state index in [1.807, 2.05) is 31.2 Å².